The van der Waals surface area contributed by atoms with Crippen LogP contribution < -0.4 is 0 Å². The van der Waals surface area contributed by atoms with Crippen molar-refractivity contribution in [2.24, 2.45) is 0 Å². The van der Waals surface area contributed by atoms with E-state index in [2.05, 4.69) is 69.2 Å². The molecule has 4 heterocycles. The normalized spacial score (nSPS) is 19.1. The van der Waals surface area contributed by atoms with Gasteiger partial charge in [-0.3, -0.25) is 9.36 Å². The van der Waals surface area contributed by atoms with E-state index in [4.69, 9.17) is 0 Å². The molecule has 246 valence electrons. The number of halogens is 1. The summed E-state index contributed by atoms with van der Waals surface area (Å²) in [5.74, 6) is -0.0269. The highest BCUT2D eigenvalue weighted by atomic mass is 79.9. The second-order valence-corrected chi connectivity index (χ2v) is 15.7. The van der Waals surface area contributed by atoms with Gasteiger partial charge in [0.2, 0.25) is 5.91 Å². The van der Waals surface area contributed by atoms with Crippen molar-refractivity contribution in [1.29, 1.82) is 0 Å². The molecule has 1 N–H and O–H groups in total. The van der Waals surface area contributed by atoms with Gasteiger partial charge in [-0.15, -0.1) is 0 Å². The number of aromatic amines is 1. The quantitative estimate of drug-likeness (QED) is 0.185. The molecule has 3 aromatic carbocycles. The molecule has 47 heavy (non-hydrogen) atoms. The fraction of sp³-hybridized carbons (Fsp3) is 0.342. The third-order valence-corrected chi connectivity index (χ3v) is 11.7. The van der Waals surface area contributed by atoms with Crippen LogP contribution in [-0.4, -0.2) is 72.9 Å². The average molecular weight is 716 g/mol. The van der Waals surface area contributed by atoms with E-state index in [1.807, 2.05) is 24.4 Å². The zero-order valence-corrected chi connectivity index (χ0v) is 29.7. The van der Waals surface area contributed by atoms with Gasteiger partial charge in [0.15, 0.2) is 9.84 Å². The molecule has 0 radical (unpaired) electrons. The van der Waals surface area contributed by atoms with Crippen molar-refractivity contribution in [3.05, 3.63) is 106 Å². The number of likely N-dealkylation sites (tertiary alicyclic amines) is 2. The van der Waals surface area contributed by atoms with Crippen molar-refractivity contribution >= 4 is 59.6 Å². The van der Waals surface area contributed by atoms with Crippen molar-refractivity contribution in [2.45, 2.75) is 62.4 Å². The fourth-order valence-electron chi connectivity index (χ4n) is 7.00. The molecule has 2 aromatic heterocycles. The van der Waals surface area contributed by atoms with Gasteiger partial charge < -0.3 is 14.8 Å². The first-order valence-corrected chi connectivity index (χ1v) is 18.7. The van der Waals surface area contributed by atoms with Crippen molar-refractivity contribution in [3.8, 4) is 0 Å². The van der Waals surface area contributed by atoms with Crippen LogP contribution in [0.4, 0.5) is 0 Å². The topological polar surface area (TPSA) is 78.4 Å². The van der Waals surface area contributed by atoms with Crippen LogP contribution in [0.2, 0.25) is 0 Å². The third kappa shape index (κ3) is 7.64. The number of carbonyl (C=O) groups is 1. The van der Waals surface area contributed by atoms with Crippen molar-refractivity contribution < 1.29 is 13.2 Å². The van der Waals surface area contributed by atoms with Crippen LogP contribution in [-0.2, 0) is 22.7 Å². The maximum absolute atomic E-state index is 12.6. The van der Waals surface area contributed by atoms with E-state index in [0.717, 1.165) is 52.3 Å². The number of H-pyrrole nitrogens is 1. The van der Waals surface area contributed by atoms with Crippen LogP contribution >= 0.6 is 15.9 Å². The first-order chi connectivity index (χ1) is 22.6. The Kier molecular flexibility index (Phi) is 10.2. The molecular formula is C38H43BrN4O3S. The van der Waals surface area contributed by atoms with Crippen LogP contribution in [0.3, 0.4) is 0 Å². The summed E-state index contributed by atoms with van der Waals surface area (Å²) in [6.07, 6.45) is 12.8. The molecule has 0 amide bonds. The van der Waals surface area contributed by atoms with Crippen LogP contribution in [0.5, 0.6) is 0 Å². The van der Waals surface area contributed by atoms with E-state index in [0.29, 0.717) is 12.1 Å². The predicted molar refractivity (Wildman–Crippen MR) is 196 cm³/mol. The van der Waals surface area contributed by atoms with Gasteiger partial charge in [-0.2, -0.15) is 0 Å². The van der Waals surface area contributed by atoms with E-state index < -0.39 is 9.84 Å². The standard InChI is InChI=1S/C24H26N2O3S.C14H17BrN2/c1-18(27)26-17-20(16-21-7-6-13-25(21)2)23-15-19(10-11-24(23)26)12-14-30(28,29)22-8-4-3-5-9-22;1-17-6-2-3-12(17)7-10-9-16-14-5-4-11(15)8-13(10)14/h3-5,8-12,14-15,17,21H,6-7,13,16H2,1-2H3;4-5,8-9,12,16H,2-3,6-7H2,1H3/b14-12+;/t21-;12-/m11/s1. The Morgan fingerprint density at radius 2 is 1.57 bits per heavy atom. The number of hydrogen-bond donors (Lipinski definition) is 1. The number of nitrogens with one attached hydrogen (secondary N) is 1. The Bertz CT molecular complexity index is 2010. The summed E-state index contributed by atoms with van der Waals surface area (Å²) in [7, 11) is 0.879. The number of rotatable bonds is 7. The molecule has 9 heteroatoms. The lowest BCUT2D eigenvalue weighted by Crippen LogP contribution is -2.26. The highest BCUT2D eigenvalue weighted by Gasteiger charge is 2.24. The maximum atomic E-state index is 12.6. The average Bonchev–Trinajstić information content (AvgIpc) is 3.85. The molecule has 0 spiro atoms. The summed E-state index contributed by atoms with van der Waals surface area (Å²) in [6, 6.07) is 21.8. The lowest BCUT2D eigenvalue weighted by molar-refractivity contribution is 0.0941. The number of benzene rings is 3. The highest BCUT2D eigenvalue weighted by molar-refractivity contribution is 9.10. The number of carbonyl (C=O) groups excluding carboxylic acids is 1. The van der Waals surface area contributed by atoms with E-state index in [9.17, 15) is 13.2 Å². The molecular weight excluding hydrogens is 672 g/mol. The van der Waals surface area contributed by atoms with Crippen LogP contribution in [0, 0.1) is 0 Å². The van der Waals surface area contributed by atoms with E-state index in [1.165, 1.54) is 47.7 Å². The van der Waals surface area contributed by atoms with Gasteiger partial charge in [0.25, 0.3) is 0 Å². The summed E-state index contributed by atoms with van der Waals surface area (Å²) in [4.78, 5) is 20.6. The Morgan fingerprint density at radius 1 is 0.894 bits per heavy atom. The highest BCUT2D eigenvalue weighted by Crippen LogP contribution is 2.29. The van der Waals surface area contributed by atoms with Gasteiger partial charge in [-0.05, 0) is 131 Å². The summed E-state index contributed by atoms with van der Waals surface area (Å²) < 4.78 is 28.0. The number of aromatic nitrogens is 2. The number of likely N-dealkylation sites (N-methyl/N-ethyl adjacent to an activating group) is 2. The summed E-state index contributed by atoms with van der Waals surface area (Å²) >= 11 is 3.55. The molecule has 2 atom stereocenters. The lowest BCUT2D eigenvalue weighted by Gasteiger charge is -2.18. The van der Waals surface area contributed by atoms with Gasteiger partial charge in [-0.1, -0.05) is 40.2 Å². The molecule has 2 aliphatic heterocycles. The van der Waals surface area contributed by atoms with Crippen LogP contribution in [0.25, 0.3) is 27.9 Å². The molecule has 0 aliphatic carbocycles. The zero-order valence-electron chi connectivity index (χ0n) is 27.3. The zero-order chi connectivity index (χ0) is 33.1. The van der Waals surface area contributed by atoms with Gasteiger partial charge in [-0.25, -0.2) is 8.42 Å². The molecule has 5 aromatic rings. The maximum Gasteiger partial charge on any atom is 0.227 e. The van der Waals surface area contributed by atoms with Crippen LogP contribution in [0.15, 0.2) is 93.9 Å². The Labute approximate surface area is 286 Å². The minimum atomic E-state index is -3.50. The van der Waals surface area contributed by atoms with Gasteiger partial charge >= 0.3 is 0 Å². The van der Waals surface area contributed by atoms with Crippen molar-refractivity contribution in [3.63, 3.8) is 0 Å². The predicted octanol–water partition coefficient (Wildman–Crippen LogP) is 7.95. The van der Waals surface area contributed by atoms with Crippen LogP contribution in [0.1, 0.15) is 54.1 Å². The Morgan fingerprint density at radius 3 is 2.21 bits per heavy atom. The molecule has 2 fully saturated rings. The number of fused-ring (bicyclic) bond motifs is 2. The first-order valence-electron chi connectivity index (χ1n) is 16.4. The summed E-state index contributed by atoms with van der Waals surface area (Å²) in [6.45, 7) is 3.91. The molecule has 7 rings (SSSR count). The molecule has 7 nitrogen and oxygen atoms in total. The second-order valence-electron chi connectivity index (χ2n) is 12.9. The van der Waals surface area contributed by atoms with Gasteiger partial charge in [0.05, 0.1) is 10.4 Å². The van der Waals surface area contributed by atoms with Crippen molar-refractivity contribution in [1.82, 2.24) is 19.4 Å². The molecule has 0 unspecified atom stereocenters. The smallest absolute Gasteiger partial charge is 0.227 e. The summed E-state index contributed by atoms with van der Waals surface area (Å²) in [5, 5.41) is 3.61. The third-order valence-electron chi connectivity index (χ3n) is 9.75. The van der Waals surface area contributed by atoms with Crippen molar-refractivity contribution in [2.75, 3.05) is 27.2 Å². The number of nitrogens with zero attached hydrogens (tertiary/aromatic N) is 3. The molecule has 0 saturated carbocycles. The second kappa shape index (κ2) is 14.3. The summed E-state index contributed by atoms with van der Waals surface area (Å²) in [5.41, 5.74) is 5.47. The minimum absolute atomic E-state index is 0.0269. The lowest BCUT2D eigenvalue weighted by atomic mass is 10.0. The van der Waals surface area contributed by atoms with Gasteiger partial charge in [0, 0.05) is 57.6 Å². The van der Waals surface area contributed by atoms with E-state index in [1.54, 1.807) is 47.9 Å². The Balaban J connectivity index is 0.000000191. The number of sulfone groups is 1. The fourth-order valence-corrected chi connectivity index (χ4v) is 8.39. The van der Waals surface area contributed by atoms with E-state index >= 15 is 0 Å². The number of hydrogen-bond acceptors (Lipinski definition) is 5. The van der Waals surface area contributed by atoms with E-state index in [-0.39, 0.29) is 10.8 Å². The Hall–Kier alpha value is -3.50. The largest absolute Gasteiger partial charge is 0.361 e. The monoisotopic (exact) mass is 714 g/mol. The van der Waals surface area contributed by atoms with Gasteiger partial charge in [0.1, 0.15) is 0 Å². The minimum Gasteiger partial charge on any atom is -0.361 e. The molecule has 2 aliphatic rings. The molecule has 0 bridgehead atoms. The SMILES string of the molecule is CC(=O)n1cc(C[C@H]2CCCN2C)c2cc(/C=C/S(=O)(=O)c3ccccc3)ccc21.CN1CCC[C@@H]1Cc1c[nH]c2ccc(Br)cc12. The first kappa shape index (κ1) is 33.4. The molecule has 2 saturated heterocycles.